The van der Waals surface area contributed by atoms with Gasteiger partial charge < -0.3 is 14.9 Å². The maximum Gasteiger partial charge on any atom is 0.342 e. The molecule has 0 bridgehead atoms. The second-order valence-corrected chi connectivity index (χ2v) is 5.53. The van der Waals surface area contributed by atoms with Gasteiger partial charge in [-0.3, -0.25) is 4.79 Å². The van der Waals surface area contributed by atoms with Gasteiger partial charge in [0.2, 0.25) is 0 Å². The van der Waals surface area contributed by atoms with Gasteiger partial charge in [0.15, 0.2) is 5.82 Å². The molecule has 0 unspecified atom stereocenters. The van der Waals surface area contributed by atoms with Gasteiger partial charge >= 0.3 is 11.8 Å². The van der Waals surface area contributed by atoms with E-state index in [0.29, 0.717) is 12.2 Å². The van der Waals surface area contributed by atoms with Crippen molar-refractivity contribution < 1.29 is 14.5 Å². The minimum Gasteiger partial charge on any atom is -0.461 e. The summed E-state index contributed by atoms with van der Waals surface area (Å²) >= 11 is 0. The zero-order chi connectivity index (χ0) is 14.6. The smallest absolute Gasteiger partial charge is 0.342 e. The van der Waals surface area contributed by atoms with Crippen LogP contribution in [0.15, 0.2) is 6.20 Å². The Balaban J connectivity index is 2.52. The van der Waals surface area contributed by atoms with Crippen LogP contribution in [0.5, 0.6) is 0 Å². The van der Waals surface area contributed by atoms with E-state index < -0.39 is 4.92 Å². The van der Waals surface area contributed by atoms with Crippen LogP contribution in [0.4, 0.5) is 5.82 Å². The molecule has 0 aliphatic heterocycles. The van der Waals surface area contributed by atoms with Crippen LogP contribution >= 0.6 is 0 Å². The maximum atomic E-state index is 11.5. The quantitative estimate of drug-likeness (QED) is 0.464. The predicted octanol–water partition coefficient (Wildman–Crippen LogP) is 2.08. The molecule has 0 atom stereocenters. The highest BCUT2D eigenvalue weighted by atomic mass is 16.6. The third-order valence-corrected chi connectivity index (χ3v) is 2.47. The first-order chi connectivity index (χ1) is 8.70. The molecule has 0 spiro atoms. The van der Waals surface area contributed by atoms with Crippen LogP contribution in [-0.2, 0) is 16.1 Å². The van der Waals surface area contributed by atoms with E-state index in [-0.39, 0.29) is 30.4 Å². The van der Waals surface area contributed by atoms with Crippen molar-refractivity contribution in [3.8, 4) is 0 Å². The summed E-state index contributed by atoms with van der Waals surface area (Å²) in [4.78, 5) is 25.6. The number of hydrogen-bond acceptors (Lipinski definition) is 5. The minimum atomic E-state index is -0.503. The monoisotopic (exact) mass is 269 g/mol. The lowest BCUT2D eigenvalue weighted by Gasteiger charge is -2.16. The van der Waals surface area contributed by atoms with Crippen LogP contribution < -0.4 is 0 Å². The minimum absolute atomic E-state index is 0.0932. The Bertz CT molecular complexity index is 474. The van der Waals surface area contributed by atoms with Crippen LogP contribution in [0.3, 0.4) is 0 Å². The molecule has 106 valence electrons. The second-order valence-electron chi connectivity index (χ2n) is 5.53. The van der Waals surface area contributed by atoms with Crippen molar-refractivity contribution in [1.82, 2.24) is 9.55 Å². The van der Waals surface area contributed by atoms with Crippen LogP contribution in [-0.4, -0.2) is 27.1 Å². The molecule has 0 aliphatic carbocycles. The molecule has 0 amide bonds. The number of nitrogens with zero attached hydrogens (tertiary/aromatic N) is 3. The van der Waals surface area contributed by atoms with Crippen LogP contribution in [0.25, 0.3) is 0 Å². The van der Waals surface area contributed by atoms with E-state index in [0.717, 1.165) is 0 Å². The summed E-state index contributed by atoms with van der Waals surface area (Å²) in [5.74, 6) is 0.135. The van der Waals surface area contributed by atoms with Gasteiger partial charge in [-0.15, -0.1) is 0 Å². The third kappa shape index (κ3) is 4.69. The summed E-state index contributed by atoms with van der Waals surface area (Å²) in [7, 11) is 0. The number of imidazole rings is 1. The summed E-state index contributed by atoms with van der Waals surface area (Å²) < 4.78 is 6.49. The van der Waals surface area contributed by atoms with Gasteiger partial charge in [-0.2, -0.15) is 0 Å². The molecule has 7 heteroatoms. The number of hydrogen-bond donors (Lipinski definition) is 0. The highest BCUT2D eigenvalue weighted by Gasteiger charge is 2.19. The van der Waals surface area contributed by atoms with E-state index in [1.54, 1.807) is 6.92 Å². The molecule has 1 aromatic heterocycles. The lowest BCUT2D eigenvalue weighted by molar-refractivity contribution is -0.392. The molecule has 1 aromatic rings. The van der Waals surface area contributed by atoms with Gasteiger partial charge in [0.25, 0.3) is 0 Å². The van der Waals surface area contributed by atoms with Crippen molar-refractivity contribution in [3.63, 3.8) is 0 Å². The first-order valence-corrected chi connectivity index (χ1v) is 6.03. The van der Waals surface area contributed by atoms with E-state index >= 15 is 0 Å². The second kappa shape index (κ2) is 5.81. The van der Waals surface area contributed by atoms with Crippen molar-refractivity contribution in [2.45, 2.75) is 40.7 Å². The molecule has 19 heavy (non-hydrogen) atoms. The van der Waals surface area contributed by atoms with Gasteiger partial charge in [0, 0.05) is 6.92 Å². The van der Waals surface area contributed by atoms with Gasteiger partial charge in [-0.05, 0) is 10.3 Å². The topological polar surface area (TPSA) is 87.3 Å². The van der Waals surface area contributed by atoms with E-state index in [2.05, 4.69) is 4.98 Å². The van der Waals surface area contributed by atoms with E-state index in [4.69, 9.17) is 4.74 Å². The summed E-state index contributed by atoms with van der Waals surface area (Å²) in [6.45, 7) is 7.84. The lowest BCUT2D eigenvalue weighted by Crippen LogP contribution is -2.18. The molecule has 0 N–H and O–H groups in total. The van der Waals surface area contributed by atoms with Gasteiger partial charge in [0.1, 0.15) is 19.3 Å². The summed E-state index contributed by atoms with van der Waals surface area (Å²) in [6, 6.07) is 0. The maximum absolute atomic E-state index is 11.5. The Morgan fingerprint density at radius 3 is 2.68 bits per heavy atom. The Morgan fingerprint density at radius 1 is 1.53 bits per heavy atom. The predicted molar refractivity (Wildman–Crippen MR) is 68.6 cm³/mol. The summed E-state index contributed by atoms with van der Waals surface area (Å²) in [6.07, 6.45) is 1.52. The van der Waals surface area contributed by atoms with Crippen molar-refractivity contribution in [1.29, 1.82) is 0 Å². The number of carbonyl (C=O) groups is 1. The fourth-order valence-corrected chi connectivity index (χ4v) is 1.61. The number of ether oxygens (including phenoxy) is 1. The van der Waals surface area contributed by atoms with Crippen molar-refractivity contribution in [2.75, 3.05) is 6.61 Å². The highest BCUT2D eigenvalue weighted by molar-refractivity contribution is 5.70. The van der Waals surface area contributed by atoms with Crippen molar-refractivity contribution in [3.05, 3.63) is 22.1 Å². The lowest BCUT2D eigenvalue weighted by atomic mass is 9.93. The van der Waals surface area contributed by atoms with Crippen LogP contribution in [0.1, 0.15) is 33.0 Å². The van der Waals surface area contributed by atoms with Gasteiger partial charge in [0.05, 0.1) is 6.42 Å². The number of aryl methyl sites for hydroxylation is 1. The molecule has 7 nitrogen and oxygen atoms in total. The number of rotatable bonds is 5. The third-order valence-electron chi connectivity index (χ3n) is 2.47. The molecule has 0 saturated carbocycles. The van der Waals surface area contributed by atoms with Crippen LogP contribution in [0.2, 0.25) is 0 Å². The molecule has 1 heterocycles. The fraction of sp³-hybridized carbons (Fsp3) is 0.667. The molecular weight excluding hydrogens is 250 g/mol. The SMILES string of the molecule is Cc1ncc([N+](=O)[O-])n1CCOC(=O)CC(C)(C)C. The number of nitro groups is 1. The molecule has 0 aliphatic rings. The van der Waals surface area contributed by atoms with Crippen LogP contribution in [0, 0.1) is 22.5 Å². The van der Waals surface area contributed by atoms with E-state index in [9.17, 15) is 14.9 Å². The number of esters is 1. The van der Waals surface area contributed by atoms with E-state index in [1.165, 1.54) is 10.8 Å². The average Bonchev–Trinajstić information content (AvgIpc) is 2.58. The van der Waals surface area contributed by atoms with E-state index in [1.807, 2.05) is 20.8 Å². The average molecular weight is 269 g/mol. The fourth-order valence-electron chi connectivity index (χ4n) is 1.61. The molecule has 0 radical (unpaired) electrons. The summed E-state index contributed by atoms with van der Waals surface area (Å²) in [5, 5.41) is 10.8. The zero-order valence-corrected chi connectivity index (χ0v) is 11.7. The molecule has 1 rings (SSSR count). The molecule has 0 fully saturated rings. The molecule has 0 saturated heterocycles. The largest absolute Gasteiger partial charge is 0.461 e. The Labute approximate surface area is 111 Å². The zero-order valence-electron chi connectivity index (χ0n) is 11.7. The number of carbonyl (C=O) groups excluding carboxylic acids is 1. The standard InChI is InChI=1S/C12H19N3O4/c1-9-13-8-10(15(17)18)14(9)5-6-19-11(16)7-12(2,3)4/h8H,5-7H2,1-4H3. The van der Waals surface area contributed by atoms with Gasteiger partial charge in [-0.25, -0.2) is 9.55 Å². The first kappa shape index (κ1) is 15.1. The highest BCUT2D eigenvalue weighted by Crippen LogP contribution is 2.19. The van der Waals surface area contributed by atoms with Crippen molar-refractivity contribution >= 4 is 11.8 Å². The number of aromatic nitrogens is 2. The molecular formula is C12H19N3O4. The summed E-state index contributed by atoms with van der Waals surface area (Å²) in [5.41, 5.74) is -0.131. The van der Waals surface area contributed by atoms with Crippen molar-refractivity contribution in [2.24, 2.45) is 5.41 Å². The molecule has 0 aromatic carbocycles. The Morgan fingerprint density at radius 2 is 2.16 bits per heavy atom. The Hall–Kier alpha value is -1.92. The van der Waals surface area contributed by atoms with Gasteiger partial charge in [-0.1, -0.05) is 20.8 Å². The first-order valence-electron chi connectivity index (χ1n) is 6.03. The Kier molecular flexibility index (Phi) is 4.63. The normalized spacial score (nSPS) is 11.4.